The van der Waals surface area contributed by atoms with Crippen LogP contribution in [-0.2, 0) is 16.1 Å². The first kappa shape index (κ1) is 37.7. The standard InChI is InChI=1S/C44H35N3O4S4/c1-2-3-4-5-6-7-20-47-35-12-8-27(37-16-18-41(54-37)39-14-10-31(52-39)21-29(25-45)43(48)49)23-33(35)34-24-28(9-13-36(34)47)38-17-19-42(55-38)40-15-11-32(53-40)22-30(26-46)44(50)51/h8-19,21-24H,2-7,20H2,1H3,(H,48,49)(H,50,51)/b29-21-,30-22-. The third-order valence-corrected chi connectivity index (χ3v) is 14.1. The van der Waals surface area contributed by atoms with E-state index in [1.54, 1.807) is 34.8 Å². The van der Waals surface area contributed by atoms with E-state index >= 15 is 0 Å². The van der Waals surface area contributed by atoms with Crippen LogP contribution in [0.15, 0.2) is 96.1 Å². The van der Waals surface area contributed by atoms with E-state index in [0.717, 1.165) is 63.1 Å². The highest BCUT2D eigenvalue weighted by molar-refractivity contribution is 7.24. The Morgan fingerprint density at radius 3 is 1.45 bits per heavy atom. The van der Waals surface area contributed by atoms with Gasteiger partial charge in [-0.2, -0.15) is 10.5 Å². The molecule has 5 heterocycles. The van der Waals surface area contributed by atoms with Gasteiger partial charge in [0.2, 0.25) is 0 Å². The molecule has 0 aliphatic heterocycles. The number of carboxylic acids is 2. The van der Waals surface area contributed by atoms with Crippen molar-refractivity contribution in [2.24, 2.45) is 0 Å². The van der Waals surface area contributed by atoms with Crippen LogP contribution in [0.5, 0.6) is 0 Å². The Morgan fingerprint density at radius 2 is 1.00 bits per heavy atom. The van der Waals surface area contributed by atoms with E-state index in [1.165, 1.54) is 88.7 Å². The zero-order chi connectivity index (χ0) is 38.5. The van der Waals surface area contributed by atoms with Crippen LogP contribution in [-0.4, -0.2) is 26.7 Å². The molecule has 0 amide bonds. The molecule has 0 saturated carbocycles. The van der Waals surface area contributed by atoms with E-state index in [9.17, 15) is 30.3 Å². The number of hydrogen-bond acceptors (Lipinski definition) is 8. The first-order valence-electron chi connectivity index (χ1n) is 17.9. The van der Waals surface area contributed by atoms with Crippen molar-refractivity contribution in [2.75, 3.05) is 0 Å². The molecule has 5 aromatic heterocycles. The predicted molar refractivity (Wildman–Crippen MR) is 229 cm³/mol. The van der Waals surface area contributed by atoms with Crippen LogP contribution >= 0.6 is 45.3 Å². The van der Waals surface area contributed by atoms with E-state index in [1.807, 2.05) is 24.3 Å². The lowest BCUT2D eigenvalue weighted by atomic mass is 10.1. The Hall–Kier alpha value is -5.56. The molecule has 0 atom stereocenters. The molecule has 11 heteroatoms. The van der Waals surface area contributed by atoms with E-state index in [0.29, 0.717) is 0 Å². The quantitative estimate of drug-likeness (QED) is 0.0604. The molecule has 55 heavy (non-hydrogen) atoms. The average molecular weight is 798 g/mol. The van der Waals surface area contributed by atoms with Crippen molar-refractivity contribution >= 4 is 91.2 Å². The Bertz CT molecular complexity index is 2530. The van der Waals surface area contributed by atoms with E-state index < -0.39 is 11.9 Å². The summed E-state index contributed by atoms with van der Waals surface area (Å²) in [7, 11) is 0. The lowest BCUT2D eigenvalue weighted by Gasteiger charge is -2.08. The van der Waals surface area contributed by atoms with E-state index in [4.69, 9.17) is 0 Å². The minimum atomic E-state index is -1.23. The first-order chi connectivity index (χ1) is 26.8. The number of aliphatic carboxylic acids is 2. The molecule has 0 spiro atoms. The van der Waals surface area contributed by atoms with Gasteiger partial charge in [-0.25, -0.2) is 9.59 Å². The second kappa shape index (κ2) is 16.8. The molecule has 7 nitrogen and oxygen atoms in total. The second-order valence-electron chi connectivity index (χ2n) is 13.1. The number of unbranched alkanes of at least 4 members (excludes halogenated alkanes) is 5. The van der Waals surface area contributed by atoms with E-state index in [2.05, 4.69) is 72.2 Å². The highest BCUT2D eigenvalue weighted by atomic mass is 32.1. The van der Waals surface area contributed by atoms with E-state index in [-0.39, 0.29) is 11.1 Å². The smallest absolute Gasteiger partial charge is 0.346 e. The Kier molecular flexibility index (Phi) is 11.6. The Balaban J connectivity index is 1.22. The topological polar surface area (TPSA) is 127 Å². The van der Waals surface area contributed by atoms with Gasteiger partial charge in [0.05, 0.1) is 0 Å². The van der Waals surface area contributed by atoms with Gasteiger partial charge in [-0.1, -0.05) is 51.2 Å². The molecule has 0 unspecified atom stereocenters. The monoisotopic (exact) mass is 797 g/mol. The second-order valence-corrected chi connectivity index (χ2v) is 17.5. The van der Waals surface area contributed by atoms with Gasteiger partial charge < -0.3 is 14.8 Å². The van der Waals surface area contributed by atoms with Gasteiger partial charge in [-0.3, -0.25) is 0 Å². The molecule has 0 aliphatic carbocycles. The summed E-state index contributed by atoms with van der Waals surface area (Å²) in [5, 5.41) is 39.3. The van der Waals surface area contributed by atoms with Gasteiger partial charge in [0.15, 0.2) is 0 Å². The van der Waals surface area contributed by atoms with Crippen molar-refractivity contribution in [1.82, 2.24) is 4.57 Å². The average Bonchev–Trinajstić information content (AvgIpc) is 4.04. The lowest BCUT2D eigenvalue weighted by molar-refractivity contribution is -0.133. The zero-order valence-electron chi connectivity index (χ0n) is 29.9. The molecule has 2 aromatic carbocycles. The predicted octanol–water partition coefficient (Wildman–Crippen LogP) is 13.1. The molecule has 2 N–H and O–H groups in total. The van der Waals surface area contributed by atoms with Crippen molar-refractivity contribution < 1.29 is 19.8 Å². The lowest BCUT2D eigenvalue weighted by Crippen LogP contribution is -1.97. The van der Waals surface area contributed by atoms with Crippen molar-refractivity contribution in [3.8, 4) is 52.5 Å². The number of fused-ring (bicyclic) bond motifs is 3. The van der Waals surface area contributed by atoms with Gasteiger partial charge in [0.1, 0.15) is 23.3 Å². The number of thiophene rings is 4. The van der Waals surface area contributed by atoms with Crippen LogP contribution in [0.3, 0.4) is 0 Å². The number of aryl methyl sites for hydroxylation is 1. The number of nitriles is 2. The summed E-state index contributed by atoms with van der Waals surface area (Å²) in [6, 6.07) is 33.1. The Morgan fingerprint density at radius 1 is 0.582 bits per heavy atom. The summed E-state index contributed by atoms with van der Waals surface area (Å²) in [5.41, 5.74) is 4.12. The van der Waals surface area contributed by atoms with Crippen LogP contribution < -0.4 is 0 Å². The summed E-state index contributed by atoms with van der Waals surface area (Å²) in [6.45, 7) is 3.19. The molecule has 0 fully saturated rings. The van der Waals surface area contributed by atoms with Gasteiger partial charge in [-0.15, -0.1) is 45.3 Å². The summed E-state index contributed by atoms with van der Waals surface area (Å²) < 4.78 is 2.47. The summed E-state index contributed by atoms with van der Waals surface area (Å²) >= 11 is 6.31. The van der Waals surface area contributed by atoms with Gasteiger partial charge in [0, 0.05) is 67.4 Å². The minimum Gasteiger partial charge on any atom is -0.477 e. The van der Waals surface area contributed by atoms with Crippen LogP contribution in [0.1, 0.15) is 55.2 Å². The highest BCUT2D eigenvalue weighted by Gasteiger charge is 2.17. The molecule has 0 aliphatic rings. The minimum absolute atomic E-state index is 0.286. The van der Waals surface area contributed by atoms with Gasteiger partial charge in [-0.05, 0) is 102 Å². The third kappa shape index (κ3) is 8.26. The number of carbonyl (C=O) groups is 2. The molecule has 0 saturated heterocycles. The first-order valence-corrected chi connectivity index (χ1v) is 21.2. The normalized spacial score (nSPS) is 12.0. The van der Waals surface area contributed by atoms with Crippen molar-refractivity contribution in [3.05, 3.63) is 106 Å². The molecule has 7 rings (SSSR count). The van der Waals surface area contributed by atoms with Crippen molar-refractivity contribution in [3.63, 3.8) is 0 Å². The molecular weight excluding hydrogens is 763 g/mol. The van der Waals surface area contributed by atoms with Gasteiger partial charge >= 0.3 is 11.9 Å². The van der Waals surface area contributed by atoms with Crippen molar-refractivity contribution in [1.29, 1.82) is 10.5 Å². The van der Waals surface area contributed by atoms with Crippen LogP contribution in [0.25, 0.3) is 74.3 Å². The van der Waals surface area contributed by atoms with Crippen LogP contribution in [0.2, 0.25) is 0 Å². The Labute approximate surface area is 334 Å². The fourth-order valence-electron chi connectivity index (χ4n) is 6.65. The summed E-state index contributed by atoms with van der Waals surface area (Å²) in [5.74, 6) is -2.46. The maximum absolute atomic E-state index is 11.3. The number of aromatic nitrogens is 1. The summed E-state index contributed by atoms with van der Waals surface area (Å²) in [6.07, 6.45) is 10.2. The molecule has 0 radical (unpaired) electrons. The maximum atomic E-state index is 11.3. The van der Waals surface area contributed by atoms with Gasteiger partial charge in [0.25, 0.3) is 0 Å². The molecule has 7 aromatic rings. The number of benzene rings is 2. The fourth-order valence-corrected chi connectivity index (χ4v) is 10.7. The SMILES string of the molecule is CCCCCCCCn1c2ccc(-c3ccc(-c4ccc(/C=C(/C#N)C(=O)O)s4)s3)cc2c2cc(-c3ccc(-c4ccc(/C=C(/C#N)C(=O)O)s4)s3)ccc21. The highest BCUT2D eigenvalue weighted by Crippen LogP contribution is 2.43. The third-order valence-electron chi connectivity index (χ3n) is 9.40. The maximum Gasteiger partial charge on any atom is 0.346 e. The molecule has 274 valence electrons. The zero-order valence-corrected chi connectivity index (χ0v) is 33.1. The molecular formula is C44H35N3O4S4. The number of hydrogen-bond donors (Lipinski definition) is 2. The number of nitrogens with zero attached hydrogens (tertiary/aromatic N) is 3. The summed E-state index contributed by atoms with van der Waals surface area (Å²) in [4.78, 5) is 30.6. The fraction of sp³-hybridized carbons (Fsp3) is 0.182. The van der Waals surface area contributed by atoms with Crippen LogP contribution in [0.4, 0.5) is 0 Å². The largest absolute Gasteiger partial charge is 0.477 e. The molecule has 0 bridgehead atoms. The van der Waals surface area contributed by atoms with Crippen molar-refractivity contribution in [2.45, 2.75) is 52.0 Å². The van der Waals surface area contributed by atoms with Crippen LogP contribution in [0, 0.1) is 22.7 Å². The number of rotatable bonds is 15. The number of carboxylic acid groups (broad SMARTS) is 2.